The van der Waals surface area contributed by atoms with Gasteiger partial charge in [0.2, 0.25) is 0 Å². The second-order valence-corrected chi connectivity index (χ2v) is 7.70. The zero-order valence-corrected chi connectivity index (χ0v) is 14.6. The normalized spacial score (nSPS) is 18.5. The second kappa shape index (κ2) is 9.01. The first-order valence-corrected chi connectivity index (χ1v) is 9.04. The minimum absolute atomic E-state index is 0.490. The van der Waals surface area contributed by atoms with Crippen molar-refractivity contribution in [3.05, 3.63) is 0 Å². The topological polar surface area (TPSA) is 30.3 Å². The fourth-order valence-corrected chi connectivity index (χ4v) is 5.01. The second-order valence-electron chi connectivity index (χ2n) is 4.11. The van der Waals surface area contributed by atoms with Crippen LogP contribution in [0, 0.1) is 11.3 Å². The standard InChI is InChI=1S/C12H19N3S4/c1-3-14(4-2)11(16)18-9-10-8-15(7-5-6-13)12(17)19-10/h10H,3-5,7-9H2,1-2H3. The van der Waals surface area contributed by atoms with Crippen LogP contribution in [0.2, 0.25) is 0 Å². The van der Waals surface area contributed by atoms with E-state index < -0.39 is 0 Å². The van der Waals surface area contributed by atoms with Gasteiger partial charge < -0.3 is 9.80 Å². The number of thioether (sulfide) groups is 2. The largest absolute Gasteiger partial charge is 0.358 e. The average Bonchev–Trinajstić information content (AvgIpc) is 2.76. The predicted molar refractivity (Wildman–Crippen MR) is 93.8 cm³/mol. The van der Waals surface area contributed by atoms with Gasteiger partial charge in [0.15, 0.2) is 0 Å². The average molecular weight is 334 g/mol. The zero-order chi connectivity index (χ0) is 14.3. The van der Waals surface area contributed by atoms with E-state index in [1.807, 2.05) is 0 Å². The Morgan fingerprint density at radius 1 is 1.58 bits per heavy atom. The lowest BCUT2D eigenvalue weighted by atomic mass is 10.4. The van der Waals surface area contributed by atoms with Crippen molar-refractivity contribution in [2.45, 2.75) is 25.5 Å². The summed E-state index contributed by atoms with van der Waals surface area (Å²) in [5.41, 5.74) is 0. The molecule has 0 N–H and O–H groups in total. The molecule has 0 aromatic heterocycles. The van der Waals surface area contributed by atoms with Crippen LogP contribution in [-0.2, 0) is 0 Å². The van der Waals surface area contributed by atoms with Gasteiger partial charge in [0.25, 0.3) is 0 Å². The minimum atomic E-state index is 0.490. The summed E-state index contributed by atoms with van der Waals surface area (Å²) in [4.78, 5) is 4.33. The van der Waals surface area contributed by atoms with Gasteiger partial charge >= 0.3 is 0 Å². The van der Waals surface area contributed by atoms with Crippen LogP contribution in [0.1, 0.15) is 20.3 Å². The summed E-state index contributed by atoms with van der Waals surface area (Å²) in [6.07, 6.45) is 0.540. The van der Waals surface area contributed by atoms with E-state index in [0.29, 0.717) is 11.7 Å². The first-order valence-electron chi connectivity index (χ1n) is 6.36. The molecule has 0 bridgehead atoms. The third kappa shape index (κ3) is 5.46. The monoisotopic (exact) mass is 333 g/mol. The molecule has 0 aliphatic carbocycles. The molecule has 19 heavy (non-hydrogen) atoms. The van der Waals surface area contributed by atoms with E-state index >= 15 is 0 Å². The smallest absolute Gasteiger partial charge is 0.136 e. The van der Waals surface area contributed by atoms with Crippen LogP contribution in [0.5, 0.6) is 0 Å². The van der Waals surface area contributed by atoms with Gasteiger partial charge in [0.05, 0.1) is 12.5 Å². The highest BCUT2D eigenvalue weighted by Crippen LogP contribution is 2.29. The number of nitrogens with zero attached hydrogens (tertiary/aromatic N) is 3. The molecule has 0 aromatic rings. The van der Waals surface area contributed by atoms with Crippen LogP contribution in [0.25, 0.3) is 0 Å². The number of rotatable bonds is 6. The lowest BCUT2D eigenvalue weighted by molar-refractivity contribution is 0.458. The number of hydrogen-bond donors (Lipinski definition) is 0. The molecule has 0 aromatic carbocycles. The van der Waals surface area contributed by atoms with Crippen molar-refractivity contribution in [2.75, 3.05) is 31.9 Å². The van der Waals surface area contributed by atoms with Crippen LogP contribution in [0.4, 0.5) is 0 Å². The van der Waals surface area contributed by atoms with Crippen molar-refractivity contribution in [3.8, 4) is 6.07 Å². The quantitative estimate of drug-likeness (QED) is 0.691. The molecule has 0 amide bonds. The van der Waals surface area contributed by atoms with Gasteiger partial charge in [-0.2, -0.15) is 5.26 Å². The van der Waals surface area contributed by atoms with Gasteiger partial charge in [-0.3, -0.25) is 0 Å². The molecule has 1 saturated heterocycles. The van der Waals surface area contributed by atoms with Gasteiger partial charge in [-0.1, -0.05) is 48.0 Å². The van der Waals surface area contributed by atoms with Crippen LogP contribution < -0.4 is 0 Å². The first kappa shape index (κ1) is 17.0. The molecule has 1 rings (SSSR count). The Morgan fingerprint density at radius 3 is 2.84 bits per heavy atom. The van der Waals surface area contributed by atoms with Crippen molar-refractivity contribution >= 4 is 56.6 Å². The van der Waals surface area contributed by atoms with E-state index in [1.54, 1.807) is 23.5 Å². The number of thiocarbonyl (C=S) groups is 2. The van der Waals surface area contributed by atoms with Crippen LogP contribution in [0.15, 0.2) is 0 Å². The Balaban J connectivity index is 2.34. The molecular formula is C12H19N3S4. The summed E-state index contributed by atoms with van der Waals surface area (Å²) in [7, 11) is 0. The lowest BCUT2D eigenvalue weighted by Crippen LogP contribution is -2.29. The molecule has 0 saturated carbocycles. The highest BCUT2D eigenvalue weighted by molar-refractivity contribution is 8.26. The van der Waals surface area contributed by atoms with Crippen molar-refractivity contribution in [1.82, 2.24) is 9.80 Å². The zero-order valence-electron chi connectivity index (χ0n) is 11.3. The minimum Gasteiger partial charge on any atom is -0.358 e. The summed E-state index contributed by atoms with van der Waals surface area (Å²) >= 11 is 14.2. The lowest BCUT2D eigenvalue weighted by Gasteiger charge is -2.21. The maximum atomic E-state index is 8.62. The van der Waals surface area contributed by atoms with Crippen molar-refractivity contribution < 1.29 is 0 Å². The van der Waals surface area contributed by atoms with E-state index in [0.717, 1.165) is 40.6 Å². The van der Waals surface area contributed by atoms with Crippen LogP contribution in [0.3, 0.4) is 0 Å². The first-order chi connectivity index (χ1) is 9.12. The summed E-state index contributed by atoms with van der Waals surface area (Å²) in [5, 5.41) is 9.11. The summed E-state index contributed by atoms with van der Waals surface area (Å²) in [6.45, 7) is 7.88. The van der Waals surface area contributed by atoms with Crippen LogP contribution in [-0.4, -0.2) is 55.6 Å². The Morgan fingerprint density at radius 2 is 2.26 bits per heavy atom. The Labute approximate surface area is 135 Å². The Kier molecular flexibility index (Phi) is 8.07. The van der Waals surface area contributed by atoms with Crippen molar-refractivity contribution in [1.29, 1.82) is 5.26 Å². The molecule has 1 heterocycles. The van der Waals surface area contributed by atoms with Crippen molar-refractivity contribution in [2.24, 2.45) is 0 Å². The van der Waals surface area contributed by atoms with Gasteiger partial charge in [0.1, 0.15) is 8.64 Å². The van der Waals surface area contributed by atoms with E-state index in [9.17, 15) is 0 Å². The molecule has 7 heteroatoms. The fraction of sp³-hybridized carbons (Fsp3) is 0.750. The van der Waals surface area contributed by atoms with E-state index in [-0.39, 0.29) is 0 Å². The Hall–Kier alpha value is -0.0300. The SMILES string of the molecule is CCN(CC)C(=S)SCC1CN(CCC#N)C(=S)S1. The molecule has 0 radical (unpaired) electrons. The third-order valence-electron chi connectivity index (χ3n) is 2.86. The number of nitriles is 1. The highest BCUT2D eigenvalue weighted by atomic mass is 32.2. The molecule has 106 valence electrons. The van der Waals surface area contributed by atoms with Gasteiger partial charge in [-0.05, 0) is 13.8 Å². The van der Waals surface area contributed by atoms with Gasteiger partial charge in [-0.25, -0.2) is 0 Å². The summed E-state index contributed by atoms with van der Waals surface area (Å²) in [6, 6.07) is 2.17. The molecular weight excluding hydrogens is 314 g/mol. The molecule has 1 aliphatic rings. The predicted octanol–water partition coefficient (Wildman–Crippen LogP) is 2.96. The van der Waals surface area contributed by atoms with E-state index in [2.05, 4.69) is 29.7 Å². The maximum Gasteiger partial charge on any atom is 0.136 e. The number of hydrogen-bond acceptors (Lipinski definition) is 5. The molecule has 1 atom stereocenters. The molecule has 1 unspecified atom stereocenters. The summed E-state index contributed by atoms with van der Waals surface area (Å²) in [5.74, 6) is 0.989. The van der Waals surface area contributed by atoms with E-state index in [1.165, 1.54) is 0 Å². The molecule has 0 spiro atoms. The maximum absolute atomic E-state index is 8.62. The van der Waals surface area contributed by atoms with Gasteiger partial charge in [0, 0.05) is 37.2 Å². The fourth-order valence-electron chi connectivity index (χ4n) is 1.77. The summed E-state index contributed by atoms with van der Waals surface area (Å²) < 4.78 is 1.90. The molecule has 1 fully saturated rings. The van der Waals surface area contributed by atoms with Gasteiger partial charge in [-0.15, -0.1) is 0 Å². The van der Waals surface area contributed by atoms with Crippen molar-refractivity contribution in [3.63, 3.8) is 0 Å². The molecule has 1 aliphatic heterocycles. The van der Waals surface area contributed by atoms with Crippen LogP contribution >= 0.6 is 48.0 Å². The van der Waals surface area contributed by atoms with E-state index in [4.69, 9.17) is 29.7 Å². The third-order valence-corrected chi connectivity index (χ3v) is 6.41. The molecule has 3 nitrogen and oxygen atoms in total. The Bertz CT molecular complexity index is 362. The highest BCUT2D eigenvalue weighted by Gasteiger charge is 2.27.